The van der Waals surface area contributed by atoms with E-state index in [1.54, 1.807) is 24.3 Å². The van der Waals surface area contributed by atoms with Crippen LogP contribution in [0.2, 0.25) is 0 Å². The van der Waals surface area contributed by atoms with Gasteiger partial charge in [0.25, 0.3) is 0 Å². The second-order valence-corrected chi connectivity index (χ2v) is 3.26. The van der Waals surface area contributed by atoms with Gasteiger partial charge in [0.15, 0.2) is 0 Å². The lowest BCUT2D eigenvalue weighted by molar-refractivity contribution is -0.213. The van der Waals surface area contributed by atoms with E-state index in [1.165, 1.54) is 7.05 Å². The highest BCUT2D eigenvalue weighted by atomic mass is 16.5. The van der Waals surface area contributed by atoms with Crippen molar-refractivity contribution < 1.29 is 9.84 Å². The highest BCUT2D eigenvalue weighted by Crippen LogP contribution is 2.12. The summed E-state index contributed by atoms with van der Waals surface area (Å²) in [5.41, 5.74) is 0.598. The SMILES string of the molecule is CCCCOc1ccc(C([O-])=NC)cc1. The fourth-order valence-electron chi connectivity index (χ4n) is 1.16. The molecule has 1 aromatic rings. The van der Waals surface area contributed by atoms with Crippen molar-refractivity contribution in [3.8, 4) is 5.75 Å². The molecular formula is C12H16NO2-. The predicted molar refractivity (Wildman–Crippen MR) is 59.3 cm³/mol. The van der Waals surface area contributed by atoms with Gasteiger partial charge in [-0.3, -0.25) is 0 Å². The van der Waals surface area contributed by atoms with Crippen LogP contribution in [0.25, 0.3) is 0 Å². The largest absolute Gasteiger partial charge is 0.859 e. The average molecular weight is 206 g/mol. The lowest BCUT2D eigenvalue weighted by Gasteiger charge is -2.10. The second kappa shape index (κ2) is 6.06. The van der Waals surface area contributed by atoms with Gasteiger partial charge in [-0.2, -0.15) is 0 Å². The minimum Gasteiger partial charge on any atom is -0.859 e. The molecule has 3 nitrogen and oxygen atoms in total. The Kier molecular flexibility index (Phi) is 4.68. The molecule has 0 saturated carbocycles. The summed E-state index contributed by atoms with van der Waals surface area (Å²) in [6.45, 7) is 2.84. The monoisotopic (exact) mass is 206 g/mol. The Hall–Kier alpha value is -1.51. The number of hydrogen-bond donors (Lipinski definition) is 0. The molecule has 15 heavy (non-hydrogen) atoms. The van der Waals surface area contributed by atoms with Crippen LogP contribution in [0.5, 0.6) is 5.75 Å². The first-order valence-electron chi connectivity index (χ1n) is 5.15. The normalized spacial score (nSPS) is 11.5. The first kappa shape index (κ1) is 11.6. The maximum atomic E-state index is 11.2. The van der Waals surface area contributed by atoms with Crippen molar-refractivity contribution in [2.45, 2.75) is 19.8 Å². The van der Waals surface area contributed by atoms with E-state index in [2.05, 4.69) is 11.9 Å². The molecule has 0 saturated heterocycles. The molecular weight excluding hydrogens is 190 g/mol. The smallest absolute Gasteiger partial charge is 0.119 e. The van der Waals surface area contributed by atoms with Crippen LogP contribution in [0, 0.1) is 0 Å². The minimum absolute atomic E-state index is 0.199. The molecule has 1 rings (SSSR count). The number of hydrogen-bond acceptors (Lipinski definition) is 3. The van der Waals surface area contributed by atoms with Gasteiger partial charge in [0, 0.05) is 7.05 Å². The number of aliphatic imine (C=N–C) groups is 1. The fourth-order valence-corrected chi connectivity index (χ4v) is 1.16. The van der Waals surface area contributed by atoms with Crippen molar-refractivity contribution >= 4 is 5.90 Å². The molecule has 0 aliphatic rings. The lowest BCUT2D eigenvalue weighted by Crippen LogP contribution is -2.18. The Labute approximate surface area is 90.4 Å². The van der Waals surface area contributed by atoms with Crippen molar-refractivity contribution in [3.05, 3.63) is 29.8 Å². The number of nitrogens with zero attached hydrogens (tertiary/aromatic N) is 1. The average Bonchev–Trinajstić information content (AvgIpc) is 2.29. The summed E-state index contributed by atoms with van der Waals surface area (Å²) in [6.07, 6.45) is 2.16. The van der Waals surface area contributed by atoms with Crippen LogP contribution in [0.4, 0.5) is 0 Å². The Morgan fingerprint density at radius 2 is 2.00 bits per heavy atom. The lowest BCUT2D eigenvalue weighted by atomic mass is 10.2. The molecule has 0 unspecified atom stereocenters. The summed E-state index contributed by atoms with van der Waals surface area (Å²) in [7, 11) is 1.49. The second-order valence-electron chi connectivity index (χ2n) is 3.26. The molecule has 0 bridgehead atoms. The van der Waals surface area contributed by atoms with E-state index in [4.69, 9.17) is 4.74 Å². The summed E-state index contributed by atoms with van der Waals surface area (Å²) in [6, 6.07) is 7.06. The summed E-state index contributed by atoms with van der Waals surface area (Å²) >= 11 is 0. The zero-order valence-corrected chi connectivity index (χ0v) is 9.19. The van der Waals surface area contributed by atoms with E-state index in [0.29, 0.717) is 5.56 Å². The van der Waals surface area contributed by atoms with Gasteiger partial charge >= 0.3 is 0 Å². The van der Waals surface area contributed by atoms with Gasteiger partial charge in [-0.25, -0.2) is 0 Å². The number of benzene rings is 1. The zero-order chi connectivity index (χ0) is 11.1. The minimum atomic E-state index is -0.199. The van der Waals surface area contributed by atoms with Crippen LogP contribution in [0.3, 0.4) is 0 Å². The van der Waals surface area contributed by atoms with Crippen LogP contribution in [-0.4, -0.2) is 19.6 Å². The van der Waals surface area contributed by atoms with E-state index >= 15 is 0 Å². The third-order valence-corrected chi connectivity index (χ3v) is 2.07. The molecule has 0 spiro atoms. The molecule has 0 N–H and O–H groups in total. The van der Waals surface area contributed by atoms with Gasteiger partial charge in [0.05, 0.1) is 6.61 Å². The fraction of sp³-hybridized carbons (Fsp3) is 0.417. The van der Waals surface area contributed by atoms with E-state index in [-0.39, 0.29) is 5.90 Å². The van der Waals surface area contributed by atoms with Crippen LogP contribution in [0.15, 0.2) is 29.3 Å². The number of ether oxygens (including phenoxy) is 1. The van der Waals surface area contributed by atoms with Gasteiger partial charge in [0.2, 0.25) is 0 Å². The molecule has 0 atom stereocenters. The molecule has 1 aromatic carbocycles. The maximum Gasteiger partial charge on any atom is 0.119 e. The van der Waals surface area contributed by atoms with Crippen LogP contribution >= 0.6 is 0 Å². The summed E-state index contributed by atoms with van der Waals surface area (Å²) < 4.78 is 5.47. The number of unbranched alkanes of at least 4 members (excludes halogenated alkanes) is 1. The van der Waals surface area contributed by atoms with Gasteiger partial charge in [-0.05, 0) is 30.0 Å². The maximum absolute atomic E-state index is 11.2. The van der Waals surface area contributed by atoms with Crippen LogP contribution in [0.1, 0.15) is 25.3 Å². The van der Waals surface area contributed by atoms with E-state index < -0.39 is 0 Å². The quantitative estimate of drug-likeness (QED) is 0.417. The first-order valence-corrected chi connectivity index (χ1v) is 5.15. The van der Waals surface area contributed by atoms with Gasteiger partial charge < -0.3 is 14.8 Å². The van der Waals surface area contributed by atoms with Crippen molar-refractivity contribution in [3.63, 3.8) is 0 Å². The first-order chi connectivity index (χ1) is 7.27. The molecule has 0 radical (unpaired) electrons. The van der Waals surface area contributed by atoms with Crippen molar-refractivity contribution in [2.75, 3.05) is 13.7 Å². The van der Waals surface area contributed by atoms with E-state index in [0.717, 1.165) is 25.2 Å². The summed E-state index contributed by atoms with van der Waals surface area (Å²) in [5, 5.41) is 11.2. The number of rotatable bonds is 5. The van der Waals surface area contributed by atoms with Crippen LogP contribution in [-0.2, 0) is 0 Å². The van der Waals surface area contributed by atoms with Gasteiger partial charge in [-0.1, -0.05) is 25.5 Å². The Morgan fingerprint density at radius 1 is 1.33 bits per heavy atom. The Balaban J connectivity index is 2.56. The van der Waals surface area contributed by atoms with Crippen molar-refractivity contribution in [2.24, 2.45) is 4.99 Å². The summed E-state index contributed by atoms with van der Waals surface area (Å²) in [4.78, 5) is 3.58. The molecule has 0 aliphatic carbocycles. The standard InChI is InChI=1S/C12H17NO2/c1-3-4-9-15-11-7-5-10(6-8-11)12(14)13-2/h5-8H,3-4,9H2,1-2H3,(H,13,14)/p-1. The molecule has 0 aromatic heterocycles. The Morgan fingerprint density at radius 3 is 2.53 bits per heavy atom. The molecule has 0 heterocycles. The third kappa shape index (κ3) is 3.62. The third-order valence-electron chi connectivity index (χ3n) is 2.07. The summed E-state index contributed by atoms with van der Waals surface area (Å²) in [5.74, 6) is 0.603. The molecule has 0 aliphatic heterocycles. The zero-order valence-electron chi connectivity index (χ0n) is 9.19. The topological polar surface area (TPSA) is 44.6 Å². The van der Waals surface area contributed by atoms with Gasteiger partial charge in [-0.15, -0.1) is 0 Å². The van der Waals surface area contributed by atoms with E-state index in [9.17, 15) is 5.11 Å². The molecule has 0 amide bonds. The highest BCUT2D eigenvalue weighted by molar-refractivity contribution is 5.90. The highest BCUT2D eigenvalue weighted by Gasteiger charge is 1.94. The van der Waals surface area contributed by atoms with Crippen molar-refractivity contribution in [1.29, 1.82) is 0 Å². The van der Waals surface area contributed by atoms with E-state index in [1.807, 2.05) is 0 Å². The molecule has 0 fully saturated rings. The Bertz CT molecular complexity index is 317. The van der Waals surface area contributed by atoms with Gasteiger partial charge in [0.1, 0.15) is 5.75 Å². The predicted octanol–water partition coefficient (Wildman–Crippen LogP) is 1.60. The molecule has 3 heteroatoms. The van der Waals surface area contributed by atoms with Crippen molar-refractivity contribution in [1.82, 2.24) is 0 Å². The molecule has 82 valence electrons. The van der Waals surface area contributed by atoms with Crippen LogP contribution < -0.4 is 9.84 Å².